The molecule has 3 nitrogen and oxygen atoms in total. The van der Waals surface area contributed by atoms with Crippen LogP contribution in [0, 0.1) is 0 Å². The second-order valence-corrected chi connectivity index (χ2v) is 2.00. The van der Waals surface area contributed by atoms with Crippen LogP contribution < -0.4 is 0 Å². The van der Waals surface area contributed by atoms with Crippen molar-refractivity contribution in [1.29, 1.82) is 0 Å². The standard InChI is InChI=1S/C7H14N2O/c1-9(2)8-6-4-5-7-10-3/h4-6H,7H2,1-3H3/b5-4+,8-6+. The SMILES string of the molecule is COC/C=C/C=N/N(C)C. The van der Waals surface area contributed by atoms with Crippen molar-refractivity contribution < 1.29 is 4.74 Å². The molecule has 0 saturated heterocycles. The summed E-state index contributed by atoms with van der Waals surface area (Å²) in [5, 5.41) is 5.70. The fraction of sp³-hybridized carbons (Fsp3) is 0.571. The van der Waals surface area contributed by atoms with Crippen LogP contribution in [0.2, 0.25) is 0 Å². The lowest BCUT2D eigenvalue weighted by Gasteiger charge is -1.99. The fourth-order valence-electron chi connectivity index (χ4n) is 0.384. The van der Waals surface area contributed by atoms with Crippen LogP contribution in [0.1, 0.15) is 0 Å². The summed E-state index contributed by atoms with van der Waals surface area (Å²) in [7, 11) is 5.41. The zero-order valence-electron chi connectivity index (χ0n) is 6.74. The molecule has 0 saturated carbocycles. The molecule has 0 aromatic heterocycles. The predicted molar refractivity (Wildman–Crippen MR) is 43.2 cm³/mol. The summed E-state index contributed by atoms with van der Waals surface area (Å²) < 4.78 is 4.79. The molecule has 0 N–H and O–H groups in total. The molecule has 58 valence electrons. The van der Waals surface area contributed by atoms with Crippen LogP contribution in [0.25, 0.3) is 0 Å². The summed E-state index contributed by atoms with van der Waals surface area (Å²) in [4.78, 5) is 0. The quantitative estimate of drug-likeness (QED) is 0.427. The molecule has 10 heavy (non-hydrogen) atoms. The van der Waals surface area contributed by atoms with Gasteiger partial charge in [-0.3, -0.25) is 0 Å². The van der Waals surface area contributed by atoms with Crippen LogP contribution in [0.4, 0.5) is 0 Å². The summed E-state index contributed by atoms with van der Waals surface area (Å²) in [6, 6.07) is 0. The second-order valence-electron chi connectivity index (χ2n) is 2.00. The maximum absolute atomic E-state index is 4.79. The summed E-state index contributed by atoms with van der Waals surface area (Å²) in [6.07, 6.45) is 5.47. The Labute approximate surface area is 62.0 Å². The van der Waals surface area contributed by atoms with E-state index < -0.39 is 0 Å². The molecular formula is C7H14N2O. The van der Waals surface area contributed by atoms with Crippen LogP contribution in [-0.4, -0.2) is 39.0 Å². The third-order valence-electron chi connectivity index (χ3n) is 0.783. The largest absolute Gasteiger partial charge is 0.381 e. The van der Waals surface area contributed by atoms with E-state index in [0.29, 0.717) is 6.61 Å². The van der Waals surface area contributed by atoms with Crippen LogP contribution >= 0.6 is 0 Å². The smallest absolute Gasteiger partial charge is 0.0647 e. The Morgan fingerprint density at radius 2 is 2.20 bits per heavy atom. The van der Waals surface area contributed by atoms with Gasteiger partial charge >= 0.3 is 0 Å². The van der Waals surface area contributed by atoms with Gasteiger partial charge < -0.3 is 9.75 Å². The lowest BCUT2D eigenvalue weighted by atomic mass is 10.5. The average molecular weight is 142 g/mol. The number of nitrogens with zero attached hydrogens (tertiary/aromatic N) is 2. The first kappa shape index (κ1) is 9.17. The van der Waals surface area contributed by atoms with E-state index in [1.807, 2.05) is 26.2 Å². The zero-order chi connectivity index (χ0) is 7.82. The maximum Gasteiger partial charge on any atom is 0.0647 e. The molecule has 0 bridgehead atoms. The molecule has 0 spiro atoms. The van der Waals surface area contributed by atoms with Gasteiger partial charge in [0.1, 0.15) is 0 Å². The van der Waals surface area contributed by atoms with Crippen LogP contribution in [0.3, 0.4) is 0 Å². The van der Waals surface area contributed by atoms with Crippen molar-refractivity contribution in [3.8, 4) is 0 Å². The van der Waals surface area contributed by atoms with Gasteiger partial charge in [-0.2, -0.15) is 5.10 Å². The van der Waals surface area contributed by atoms with E-state index in [1.165, 1.54) is 0 Å². The first-order chi connectivity index (χ1) is 4.77. The summed E-state index contributed by atoms with van der Waals surface area (Å²) in [5.41, 5.74) is 0. The first-order valence-corrected chi connectivity index (χ1v) is 3.12. The molecule has 0 aliphatic carbocycles. The third kappa shape index (κ3) is 7.17. The van der Waals surface area contributed by atoms with E-state index >= 15 is 0 Å². The Kier molecular flexibility index (Phi) is 5.77. The fourth-order valence-corrected chi connectivity index (χ4v) is 0.384. The van der Waals surface area contributed by atoms with Gasteiger partial charge in [0.05, 0.1) is 6.61 Å². The number of hydrazone groups is 1. The second kappa shape index (κ2) is 6.29. The van der Waals surface area contributed by atoms with Gasteiger partial charge in [0.25, 0.3) is 0 Å². The summed E-state index contributed by atoms with van der Waals surface area (Å²) in [5.74, 6) is 0. The normalized spacial score (nSPS) is 11.5. The average Bonchev–Trinajstić information content (AvgIpc) is 1.87. The summed E-state index contributed by atoms with van der Waals surface area (Å²) in [6.45, 7) is 0.638. The Balaban J connectivity index is 3.32. The number of rotatable bonds is 4. The predicted octanol–water partition coefficient (Wildman–Crippen LogP) is 0.736. The lowest BCUT2D eigenvalue weighted by molar-refractivity contribution is 0.234. The highest BCUT2D eigenvalue weighted by Gasteiger charge is 1.72. The van der Waals surface area contributed by atoms with E-state index in [-0.39, 0.29) is 0 Å². The topological polar surface area (TPSA) is 24.8 Å². The van der Waals surface area contributed by atoms with Gasteiger partial charge in [-0.15, -0.1) is 0 Å². The molecule has 0 rings (SSSR count). The molecular weight excluding hydrogens is 128 g/mol. The molecule has 0 aromatic rings. The molecule has 0 radical (unpaired) electrons. The van der Waals surface area contributed by atoms with E-state index in [1.54, 1.807) is 18.3 Å². The molecule has 0 heterocycles. The van der Waals surface area contributed by atoms with Gasteiger partial charge in [0, 0.05) is 27.4 Å². The minimum atomic E-state index is 0.638. The monoisotopic (exact) mass is 142 g/mol. The van der Waals surface area contributed by atoms with Gasteiger partial charge in [0.15, 0.2) is 0 Å². The molecule has 0 aromatic carbocycles. The maximum atomic E-state index is 4.79. The molecule has 0 unspecified atom stereocenters. The summed E-state index contributed by atoms with van der Waals surface area (Å²) >= 11 is 0. The van der Waals surface area contributed by atoms with Gasteiger partial charge in [-0.05, 0) is 6.08 Å². The van der Waals surface area contributed by atoms with Gasteiger partial charge in [0.2, 0.25) is 0 Å². The molecule has 0 amide bonds. The Hall–Kier alpha value is -0.830. The van der Waals surface area contributed by atoms with Crippen molar-refractivity contribution in [2.24, 2.45) is 5.10 Å². The van der Waals surface area contributed by atoms with Crippen molar-refractivity contribution in [3.05, 3.63) is 12.2 Å². The van der Waals surface area contributed by atoms with Crippen molar-refractivity contribution in [2.45, 2.75) is 0 Å². The highest BCUT2D eigenvalue weighted by molar-refractivity contribution is 5.70. The van der Waals surface area contributed by atoms with Crippen molar-refractivity contribution in [3.63, 3.8) is 0 Å². The Morgan fingerprint density at radius 3 is 2.70 bits per heavy atom. The first-order valence-electron chi connectivity index (χ1n) is 3.12. The molecule has 0 fully saturated rings. The Bertz CT molecular complexity index is 119. The van der Waals surface area contributed by atoms with E-state index in [9.17, 15) is 0 Å². The number of ether oxygens (including phenoxy) is 1. The third-order valence-corrected chi connectivity index (χ3v) is 0.783. The molecule has 0 atom stereocenters. The van der Waals surface area contributed by atoms with E-state index in [2.05, 4.69) is 5.10 Å². The lowest BCUT2D eigenvalue weighted by Crippen LogP contribution is -2.00. The zero-order valence-corrected chi connectivity index (χ0v) is 6.74. The van der Waals surface area contributed by atoms with Crippen molar-refractivity contribution in [2.75, 3.05) is 27.8 Å². The molecule has 0 aliphatic rings. The van der Waals surface area contributed by atoms with Crippen LogP contribution in [0.15, 0.2) is 17.3 Å². The minimum Gasteiger partial charge on any atom is -0.381 e. The van der Waals surface area contributed by atoms with Gasteiger partial charge in [-0.1, -0.05) is 6.08 Å². The number of allylic oxidation sites excluding steroid dienone is 1. The van der Waals surface area contributed by atoms with E-state index in [4.69, 9.17) is 4.74 Å². The number of methoxy groups -OCH3 is 1. The number of hydrogen-bond donors (Lipinski definition) is 0. The van der Waals surface area contributed by atoms with Crippen molar-refractivity contribution >= 4 is 6.21 Å². The Morgan fingerprint density at radius 1 is 1.50 bits per heavy atom. The van der Waals surface area contributed by atoms with E-state index in [0.717, 1.165) is 0 Å². The molecule has 0 aliphatic heterocycles. The van der Waals surface area contributed by atoms with Gasteiger partial charge in [-0.25, -0.2) is 0 Å². The van der Waals surface area contributed by atoms with Crippen LogP contribution in [0.5, 0.6) is 0 Å². The minimum absolute atomic E-state index is 0.638. The van der Waals surface area contributed by atoms with Crippen LogP contribution in [-0.2, 0) is 4.74 Å². The highest BCUT2D eigenvalue weighted by Crippen LogP contribution is 1.74. The number of hydrogen-bond acceptors (Lipinski definition) is 3. The molecule has 3 heteroatoms. The highest BCUT2D eigenvalue weighted by atomic mass is 16.5. The van der Waals surface area contributed by atoms with Crippen molar-refractivity contribution in [1.82, 2.24) is 5.01 Å².